The van der Waals surface area contributed by atoms with E-state index in [2.05, 4.69) is 41.9 Å². The second-order valence-electron chi connectivity index (χ2n) is 16.1. The van der Waals surface area contributed by atoms with Gasteiger partial charge in [0.1, 0.15) is 37.9 Å². The van der Waals surface area contributed by atoms with Crippen molar-refractivity contribution in [3.63, 3.8) is 0 Å². The second kappa shape index (κ2) is 20.8. The Labute approximate surface area is 363 Å². The largest absolute Gasteiger partial charge is 0.487 e. The molecular formula is C49H58ClN3O8. The second-order valence-corrected chi connectivity index (χ2v) is 16.5. The van der Waals surface area contributed by atoms with Gasteiger partial charge in [-0.1, -0.05) is 78.7 Å². The number of hydrogen-bond acceptors (Lipinski definition) is 10. The molecule has 0 bridgehead atoms. The van der Waals surface area contributed by atoms with Crippen molar-refractivity contribution in [1.29, 1.82) is 0 Å². The fourth-order valence-corrected chi connectivity index (χ4v) is 9.89. The molecule has 324 valence electrons. The number of fused-ring (bicyclic) bond motifs is 3. The number of hydrogen-bond donors (Lipinski definition) is 2. The standard InChI is InChI=1S/C49H58ClN3O8/c1-4-26-60-49-45(53(48(56)58-27-23-50)31-36-17-12-16-34-14-5-6-19-39(34)36)30-43(52-57-3)41-28-35(15-7-9-24-54)40(20-8-10-25-55)46(47(41)49)42-29-38(21-22-44(42)61-49)59-32-37-18-11-13-33(2)51-37/h4-6,11-14,16-19,21-22,28-29,35,40,45-47,54-55H,1,7-10,15,20,23-27,30-32H2,2-3H3. The smallest absolute Gasteiger partial charge is 0.410 e. The zero-order valence-corrected chi connectivity index (χ0v) is 36.0. The molecule has 3 aliphatic rings. The predicted octanol–water partition coefficient (Wildman–Crippen LogP) is 9.26. The van der Waals surface area contributed by atoms with Crippen molar-refractivity contribution < 1.29 is 38.8 Å². The summed E-state index contributed by atoms with van der Waals surface area (Å²) in [6.07, 6.45) is 8.33. The van der Waals surface area contributed by atoms with Crippen LogP contribution in [0.5, 0.6) is 11.5 Å². The maximum atomic E-state index is 14.6. The third-order valence-electron chi connectivity index (χ3n) is 12.3. The number of halogens is 1. The van der Waals surface area contributed by atoms with E-state index in [1.165, 1.54) is 7.11 Å². The van der Waals surface area contributed by atoms with Gasteiger partial charge in [-0.3, -0.25) is 9.88 Å². The summed E-state index contributed by atoms with van der Waals surface area (Å²) in [6, 6.07) is 25.3. The summed E-state index contributed by atoms with van der Waals surface area (Å²) < 4.78 is 26.8. The summed E-state index contributed by atoms with van der Waals surface area (Å²) in [4.78, 5) is 26.6. The molecule has 1 amide bonds. The number of rotatable bonds is 20. The molecule has 6 unspecified atom stereocenters. The Bertz CT molecular complexity index is 2190. The first kappa shape index (κ1) is 44.1. The summed E-state index contributed by atoms with van der Waals surface area (Å²) in [5.74, 6) is -0.567. The van der Waals surface area contributed by atoms with E-state index in [4.69, 9.17) is 40.5 Å². The van der Waals surface area contributed by atoms with Crippen molar-refractivity contribution in [3.05, 3.63) is 126 Å². The van der Waals surface area contributed by atoms with Gasteiger partial charge in [-0.25, -0.2) is 4.79 Å². The van der Waals surface area contributed by atoms with Crippen LogP contribution in [-0.4, -0.2) is 83.1 Å². The van der Waals surface area contributed by atoms with Crippen molar-refractivity contribution in [2.45, 2.75) is 82.8 Å². The molecule has 6 atom stereocenters. The lowest BCUT2D eigenvalue weighted by molar-refractivity contribution is -0.256. The summed E-state index contributed by atoms with van der Waals surface area (Å²) in [5, 5.41) is 26.6. The number of unbranched alkanes of at least 4 members (excludes halogenated alkanes) is 2. The van der Waals surface area contributed by atoms with E-state index in [9.17, 15) is 15.0 Å². The Morgan fingerprint density at radius 3 is 2.59 bits per heavy atom. The molecule has 1 aliphatic heterocycles. The minimum Gasteiger partial charge on any atom is -0.487 e. The van der Waals surface area contributed by atoms with Gasteiger partial charge in [0.2, 0.25) is 5.79 Å². The van der Waals surface area contributed by atoms with Crippen molar-refractivity contribution in [3.8, 4) is 11.5 Å². The van der Waals surface area contributed by atoms with Crippen LogP contribution >= 0.6 is 11.6 Å². The summed E-state index contributed by atoms with van der Waals surface area (Å²) in [7, 11) is 1.54. The van der Waals surface area contributed by atoms with Crippen molar-refractivity contribution in [1.82, 2.24) is 9.88 Å². The first-order chi connectivity index (χ1) is 29.8. The van der Waals surface area contributed by atoms with Crippen LogP contribution in [0.25, 0.3) is 10.8 Å². The number of pyridine rings is 1. The summed E-state index contributed by atoms with van der Waals surface area (Å²) in [6.45, 7) is 6.83. The molecule has 1 aromatic heterocycles. The average molecular weight is 852 g/mol. The van der Waals surface area contributed by atoms with Crippen LogP contribution in [0.15, 0.2) is 108 Å². The number of amides is 1. The molecule has 1 saturated carbocycles. The number of allylic oxidation sites excluding steroid dienone is 1. The fraction of sp³-hybridized carbons (Fsp3) is 0.449. The number of aliphatic hydroxyl groups excluding tert-OH is 2. The van der Waals surface area contributed by atoms with E-state index in [0.29, 0.717) is 30.1 Å². The number of aromatic nitrogens is 1. The van der Waals surface area contributed by atoms with E-state index in [1.54, 1.807) is 11.0 Å². The molecule has 2 heterocycles. The molecule has 12 heteroatoms. The highest BCUT2D eigenvalue weighted by molar-refractivity contribution is 6.18. The minimum atomic E-state index is -1.45. The summed E-state index contributed by atoms with van der Waals surface area (Å²) >= 11 is 6.13. The molecular weight excluding hydrogens is 794 g/mol. The van der Waals surface area contributed by atoms with Gasteiger partial charge < -0.3 is 34.0 Å². The van der Waals surface area contributed by atoms with Gasteiger partial charge in [0.25, 0.3) is 0 Å². The van der Waals surface area contributed by atoms with Crippen LogP contribution < -0.4 is 9.47 Å². The van der Waals surface area contributed by atoms with Crippen LogP contribution in [-0.2, 0) is 27.5 Å². The monoisotopic (exact) mass is 851 g/mol. The van der Waals surface area contributed by atoms with Crippen LogP contribution in [0.4, 0.5) is 4.79 Å². The molecule has 1 fully saturated rings. The van der Waals surface area contributed by atoms with E-state index in [1.807, 2.05) is 61.5 Å². The van der Waals surface area contributed by atoms with Gasteiger partial charge in [0, 0.05) is 36.8 Å². The van der Waals surface area contributed by atoms with Crippen molar-refractivity contribution >= 4 is 34.2 Å². The van der Waals surface area contributed by atoms with Crippen LogP contribution in [0.2, 0.25) is 0 Å². The Morgan fingerprint density at radius 2 is 1.82 bits per heavy atom. The zero-order valence-electron chi connectivity index (χ0n) is 35.2. The lowest BCUT2D eigenvalue weighted by atomic mass is 9.55. The highest BCUT2D eigenvalue weighted by atomic mass is 35.5. The van der Waals surface area contributed by atoms with Crippen LogP contribution in [0.1, 0.15) is 73.4 Å². The average Bonchev–Trinajstić information content (AvgIpc) is 3.27. The lowest BCUT2D eigenvalue weighted by Crippen LogP contribution is -2.70. The molecule has 2 aliphatic carbocycles. The lowest BCUT2D eigenvalue weighted by Gasteiger charge is -2.59. The number of ether oxygens (including phenoxy) is 4. The predicted molar refractivity (Wildman–Crippen MR) is 237 cm³/mol. The highest BCUT2D eigenvalue weighted by Crippen LogP contribution is 2.62. The number of carbonyl (C=O) groups excluding carboxylic acids is 1. The zero-order chi connectivity index (χ0) is 42.8. The molecule has 0 radical (unpaired) electrons. The van der Waals surface area contributed by atoms with Crippen molar-refractivity contribution in [2.24, 2.45) is 22.9 Å². The normalized spacial score (nSPS) is 23.3. The van der Waals surface area contributed by atoms with Crippen LogP contribution in [0.3, 0.4) is 0 Å². The number of benzene rings is 3. The van der Waals surface area contributed by atoms with E-state index in [-0.39, 0.29) is 69.6 Å². The number of alkyl halides is 1. The van der Waals surface area contributed by atoms with Gasteiger partial charge in [-0.15, -0.1) is 18.2 Å². The van der Waals surface area contributed by atoms with Gasteiger partial charge in [-0.2, -0.15) is 0 Å². The van der Waals surface area contributed by atoms with Gasteiger partial charge in [0.15, 0.2) is 0 Å². The minimum absolute atomic E-state index is 0.0167. The van der Waals surface area contributed by atoms with E-state index in [0.717, 1.165) is 64.5 Å². The number of carbonyl (C=O) groups is 1. The molecule has 61 heavy (non-hydrogen) atoms. The number of oxime groups is 1. The van der Waals surface area contributed by atoms with Gasteiger partial charge in [0.05, 0.1) is 36.4 Å². The van der Waals surface area contributed by atoms with E-state index >= 15 is 0 Å². The topological polar surface area (TPSA) is 132 Å². The molecule has 3 aromatic carbocycles. The first-order valence-electron chi connectivity index (χ1n) is 21.5. The quantitative estimate of drug-likeness (QED) is 0.0387. The third kappa shape index (κ3) is 9.60. The van der Waals surface area contributed by atoms with Gasteiger partial charge >= 0.3 is 6.09 Å². The number of aliphatic hydroxyl groups is 2. The molecule has 11 nitrogen and oxygen atoms in total. The maximum Gasteiger partial charge on any atom is 0.410 e. The Hall–Kier alpha value is -4.94. The van der Waals surface area contributed by atoms with Gasteiger partial charge in [-0.05, 0) is 96.7 Å². The SMILES string of the molecule is C=CCOC12Oc3ccc(OCc4cccc(C)n4)cc3C3C(CCCCO)C(CCCCO)C=C(C(=NOC)CC1N(Cc1cccc4ccccc14)C(=O)OCCCl)C32. The molecule has 7 rings (SSSR count). The molecule has 2 N–H and O–H groups in total. The van der Waals surface area contributed by atoms with E-state index < -0.39 is 23.8 Å². The Morgan fingerprint density at radius 1 is 1.03 bits per heavy atom. The maximum absolute atomic E-state index is 14.6. The molecule has 0 spiro atoms. The number of nitrogens with zero attached hydrogens (tertiary/aromatic N) is 3. The Kier molecular flexibility index (Phi) is 15.0. The first-order valence-corrected chi connectivity index (χ1v) is 22.0. The highest BCUT2D eigenvalue weighted by Gasteiger charge is 2.65. The Balaban J connectivity index is 1.43. The van der Waals surface area contributed by atoms with Crippen LogP contribution in [0, 0.1) is 24.7 Å². The summed E-state index contributed by atoms with van der Waals surface area (Å²) in [5.41, 5.74) is 5.27. The number of aryl methyl sites for hydroxylation is 1. The third-order valence-corrected chi connectivity index (χ3v) is 12.5. The molecule has 0 saturated heterocycles. The van der Waals surface area contributed by atoms with Crippen molar-refractivity contribution in [2.75, 3.05) is 39.4 Å². The molecule has 4 aromatic rings. The fourth-order valence-electron chi connectivity index (χ4n) is 9.81.